The average Bonchev–Trinajstić information content (AvgIpc) is 2.76. The van der Waals surface area contributed by atoms with Crippen molar-refractivity contribution in [1.29, 1.82) is 0 Å². The Morgan fingerprint density at radius 2 is 1.48 bits per heavy atom. The molecule has 0 bridgehead atoms. The highest BCUT2D eigenvalue weighted by Gasteiger charge is 2.17. The topological polar surface area (TPSA) is 71.2 Å². The molecule has 0 saturated carbocycles. The predicted octanol–water partition coefficient (Wildman–Crippen LogP) is 6.94. The highest BCUT2D eigenvalue weighted by molar-refractivity contribution is 6.01. The minimum absolute atomic E-state index is 0.159. The molecule has 4 rings (SSSR count). The normalized spacial score (nSPS) is 11.2. The van der Waals surface area contributed by atoms with E-state index < -0.39 is 11.8 Å². The van der Waals surface area contributed by atoms with Gasteiger partial charge in [-0.3, -0.25) is 0 Å². The van der Waals surface area contributed by atoms with Gasteiger partial charge >= 0.3 is 5.97 Å². The van der Waals surface area contributed by atoms with E-state index in [2.05, 4.69) is 10.2 Å². The fourth-order valence-corrected chi connectivity index (χ4v) is 3.26. The summed E-state index contributed by atoms with van der Waals surface area (Å²) in [7, 11) is 0. The quantitative estimate of drug-likeness (QED) is 0.223. The number of ether oxygens (including phenoxy) is 1. The molecule has 4 aromatic rings. The van der Waals surface area contributed by atoms with Crippen LogP contribution in [0.2, 0.25) is 0 Å². The SMILES string of the molecule is Cc1cc(/N=N/c2cc3ccccc3cc2C(=O)Oc2ccccc2F)cc(C)c1O. The summed E-state index contributed by atoms with van der Waals surface area (Å²) >= 11 is 0. The number of hydrogen-bond acceptors (Lipinski definition) is 5. The molecule has 5 nitrogen and oxygen atoms in total. The molecule has 0 unspecified atom stereocenters. The third-order valence-corrected chi connectivity index (χ3v) is 4.87. The van der Waals surface area contributed by atoms with Gasteiger partial charge in [0.05, 0.1) is 11.3 Å². The molecule has 0 radical (unpaired) electrons. The molecule has 31 heavy (non-hydrogen) atoms. The molecule has 0 aromatic heterocycles. The molecule has 0 fully saturated rings. The van der Waals surface area contributed by atoms with Gasteiger partial charge in [-0.05, 0) is 72.1 Å². The Kier molecular flexibility index (Phi) is 5.45. The van der Waals surface area contributed by atoms with E-state index in [1.165, 1.54) is 18.2 Å². The number of nitrogens with zero attached hydrogens (tertiary/aromatic N) is 2. The fourth-order valence-electron chi connectivity index (χ4n) is 3.26. The van der Waals surface area contributed by atoms with Crippen LogP contribution in [0.4, 0.5) is 15.8 Å². The van der Waals surface area contributed by atoms with Crippen molar-refractivity contribution in [1.82, 2.24) is 0 Å². The fraction of sp³-hybridized carbons (Fsp3) is 0.0800. The number of aromatic hydroxyl groups is 1. The van der Waals surface area contributed by atoms with Gasteiger partial charge in [0.1, 0.15) is 11.4 Å². The molecule has 1 N–H and O–H groups in total. The lowest BCUT2D eigenvalue weighted by Crippen LogP contribution is -2.09. The third kappa shape index (κ3) is 4.28. The van der Waals surface area contributed by atoms with Crippen molar-refractivity contribution in [2.75, 3.05) is 0 Å². The van der Waals surface area contributed by atoms with E-state index >= 15 is 0 Å². The Balaban J connectivity index is 1.76. The van der Waals surface area contributed by atoms with Crippen LogP contribution in [-0.2, 0) is 0 Å². The van der Waals surface area contributed by atoms with Crippen LogP contribution < -0.4 is 4.74 Å². The molecular weight excluding hydrogens is 395 g/mol. The maximum atomic E-state index is 14.0. The summed E-state index contributed by atoms with van der Waals surface area (Å²) in [6.45, 7) is 3.54. The number of azo groups is 1. The first-order valence-corrected chi connectivity index (χ1v) is 9.64. The smallest absolute Gasteiger partial charge is 0.345 e. The van der Waals surface area contributed by atoms with Crippen molar-refractivity contribution in [3.63, 3.8) is 0 Å². The van der Waals surface area contributed by atoms with Crippen molar-refractivity contribution < 1.29 is 19.0 Å². The van der Waals surface area contributed by atoms with E-state index in [4.69, 9.17) is 4.74 Å². The van der Waals surface area contributed by atoms with Gasteiger partial charge < -0.3 is 9.84 Å². The summed E-state index contributed by atoms with van der Waals surface area (Å²) in [4.78, 5) is 12.9. The number of aryl methyl sites for hydroxylation is 2. The minimum atomic E-state index is -0.733. The molecule has 0 atom stereocenters. The number of fused-ring (bicyclic) bond motifs is 1. The van der Waals surface area contributed by atoms with Crippen LogP contribution in [0, 0.1) is 19.7 Å². The highest BCUT2D eigenvalue weighted by Crippen LogP contribution is 2.32. The van der Waals surface area contributed by atoms with E-state index in [9.17, 15) is 14.3 Å². The van der Waals surface area contributed by atoms with Gasteiger partial charge in [0, 0.05) is 0 Å². The van der Waals surface area contributed by atoms with Gasteiger partial charge in [0.25, 0.3) is 0 Å². The van der Waals surface area contributed by atoms with Gasteiger partial charge in [0.15, 0.2) is 11.6 Å². The molecule has 0 saturated heterocycles. The van der Waals surface area contributed by atoms with Crippen molar-refractivity contribution in [3.05, 3.63) is 95.3 Å². The number of carbonyl (C=O) groups is 1. The average molecular weight is 414 g/mol. The summed E-state index contributed by atoms with van der Waals surface area (Å²) in [5, 5.41) is 20.2. The molecule has 0 aliphatic heterocycles. The van der Waals surface area contributed by atoms with Crippen molar-refractivity contribution in [2.24, 2.45) is 10.2 Å². The highest BCUT2D eigenvalue weighted by atomic mass is 19.1. The van der Waals surface area contributed by atoms with Crippen molar-refractivity contribution in [2.45, 2.75) is 13.8 Å². The zero-order chi connectivity index (χ0) is 22.0. The maximum absolute atomic E-state index is 14.0. The van der Waals surface area contributed by atoms with Crippen LogP contribution in [0.1, 0.15) is 21.5 Å². The van der Waals surface area contributed by atoms with Gasteiger partial charge in [-0.2, -0.15) is 5.11 Å². The molecule has 0 heterocycles. The van der Waals surface area contributed by atoms with Gasteiger partial charge in [-0.25, -0.2) is 9.18 Å². The Morgan fingerprint density at radius 3 is 2.16 bits per heavy atom. The molecule has 0 aliphatic carbocycles. The molecule has 0 aliphatic rings. The summed E-state index contributed by atoms with van der Waals surface area (Å²) in [6, 6.07) is 20.0. The zero-order valence-corrected chi connectivity index (χ0v) is 17.0. The first kappa shape index (κ1) is 20.2. The lowest BCUT2D eigenvalue weighted by atomic mass is 10.1. The van der Waals surface area contributed by atoms with E-state index in [1.54, 1.807) is 44.2 Å². The number of esters is 1. The van der Waals surface area contributed by atoms with Crippen molar-refractivity contribution in [3.8, 4) is 11.5 Å². The summed E-state index contributed by atoms with van der Waals surface area (Å²) in [5.74, 6) is -1.31. The van der Waals surface area contributed by atoms with Gasteiger partial charge in [0.2, 0.25) is 0 Å². The molecule has 6 heteroatoms. The number of rotatable bonds is 4. The molecule has 154 valence electrons. The van der Waals surface area contributed by atoms with E-state index in [-0.39, 0.29) is 17.1 Å². The number of hydrogen-bond donors (Lipinski definition) is 1. The Morgan fingerprint density at radius 1 is 0.871 bits per heavy atom. The molecule has 0 amide bonds. The number of benzene rings is 4. The standard InChI is InChI=1S/C25H19FN2O3/c1-15-11-19(12-16(2)24(15)29)27-28-22-14-18-8-4-3-7-17(18)13-20(22)25(30)31-23-10-6-5-9-21(23)26/h3-14,29H,1-2H3/b28-27+. The van der Waals surface area contributed by atoms with Gasteiger partial charge in [-0.15, -0.1) is 5.11 Å². The second-order valence-corrected chi connectivity index (χ2v) is 7.16. The number of halogens is 1. The molecule has 4 aromatic carbocycles. The second-order valence-electron chi connectivity index (χ2n) is 7.16. The number of phenolic OH excluding ortho intramolecular Hbond substituents is 1. The Hall–Kier alpha value is -4.06. The summed E-state index contributed by atoms with van der Waals surface area (Å²) in [5.41, 5.74) is 2.34. The summed E-state index contributed by atoms with van der Waals surface area (Å²) < 4.78 is 19.2. The monoisotopic (exact) mass is 414 g/mol. The second kappa shape index (κ2) is 8.36. The summed E-state index contributed by atoms with van der Waals surface area (Å²) in [6.07, 6.45) is 0. The van der Waals surface area contributed by atoms with Crippen LogP contribution in [0.5, 0.6) is 11.5 Å². The Bertz CT molecular complexity index is 1310. The predicted molar refractivity (Wildman–Crippen MR) is 117 cm³/mol. The van der Waals surface area contributed by atoms with Crippen LogP contribution in [0.3, 0.4) is 0 Å². The molecular formula is C25H19FN2O3. The minimum Gasteiger partial charge on any atom is -0.507 e. The zero-order valence-electron chi connectivity index (χ0n) is 17.0. The number of carbonyl (C=O) groups excluding carboxylic acids is 1. The van der Waals surface area contributed by atoms with Gasteiger partial charge in [-0.1, -0.05) is 36.4 Å². The first-order valence-electron chi connectivity index (χ1n) is 9.64. The first-order chi connectivity index (χ1) is 14.9. The number of phenols is 1. The van der Waals surface area contributed by atoms with Crippen LogP contribution in [0.15, 0.2) is 83.0 Å². The van der Waals surface area contributed by atoms with Crippen LogP contribution in [0.25, 0.3) is 10.8 Å². The van der Waals surface area contributed by atoms with Crippen LogP contribution in [-0.4, -0.2) is 11.1 Å². The Labute approximate surface area is 178 Å². The largest absolute Gasteiger partial charge is 0.507 e. The maximum Gasteiger partial charge on any atom is 0.345 e. The third-order valence-electron chi connectivity index (χ3n) is 4.87. The van der Waals surface area contributed by atoms with E-state index in [1.807, 2.05) is 24.3 Å². The van der Waals surface area contributed by atoms with Crippen molar-refractivity contribution >= 4 is 28.1 Å². The lowest BCUT2D eigenvalue weighted by molar-refractivity contribution is 0.0729. The van der Waals surface area contributed by atoms with Crippen LogP contribution >= 0.6 is 0 Å². The lowest BCUT2D eigenvalue weighted by Gasteiger charge is -2.09. The van der Waals surface area contributed by atoms with E-state index in [0.717, 1.165) is 10.8 Å². The number of para-hydroxylation sites is 1. The molecule has 0 spiro atoms. The van der Waals surface area contributed by atoms with E-state index in [0.29, 0.717) is 22.5 Å².